The van der Waals surface area contributed by atoms with Crippen molar-refractivity contribution in [3.63, 3.8) is 0 Å². The molecular formula is C16H22BNO6. The van der Waals surface area contributed by atoms with E-state index in [4.69, 9.17) is 14.1 Å². The molecule has 7 nitrogen and oxygen atoms in total. The number of rotatable bonds is 6. The van der Waals surface area contributed by atoms with Gasteiger partial charge in [0.05, 0.1) is 19.7 Å². The van der Waals surface area contributed by atoms with E-state index in [1.54, 1.807) is 19.1 Å². The SMILES string of the molecule is CCCC(=O)NC1Cc2ccc(OC)c(C(=O)OCC)c2OB1O. The fourth-order valence-electron chi connectivity index (χ4n) is 2.64. The van der Waals surface area contributed by atoms with Crippen LogP contribution in [-0.4, -0.2) is 43.7 Å². The van der Waals surface area contributed by atoms with Gasteiger partial charge in [0.1, 0.15) is 17.1 Å². The van der Waals surface area contributed by atoms with Crippen LogP contribution in [0.1, 0.15) is 42.6 Å². The molecule has 8 heteroatoms. The number of fused-ring (bicyclic) bond motifs is 1. The van der Waals surface area contributed by atoms with Crippen molar-refractivity contribution in [3.05, 3.63) is 23.3 Å². The van der Waals surface area contributed by atoms with Crippen LogP contribution >= 0.6 is 0 Å². The van der Waals surface area contributed by atoms with Crippen molar-refractivity contribution in [1.29, 1.82) is 0 Å². The standard InChI is InChI=1S/C16H22BNO6/c1-4-6-13(19)18-12-9-10-7-8-11(22-3)14(16(20)23-5-2)15(10)24-17(12)21/h7-8,12,21H,4-6,9H2,1-3H3,(H,18,19). The Hall–Kier alpha value is -2.22. The van der Waals surface area contributed by atoms with Crippen LogP contribution in [0.5, 0.6) is 11.5 Å². The third-order valence-corrected chi connectivity index (χ3v) is 3.75. The Kier molecular flexibility index (Phi) is 6.08. The molecule has 2 N–H and O–H groups in total. The lowest BCUT2D eigenvalue weighted by Crippen LogP contribution is -2.53. The third kappa shape index (κ3) is 3.81. The Morgan fingerprint density at radius 3 is 2.79 bits per heavy atom. The van der Waals surface area contributed by atoms with Crippen molar-refractivity contribution in [2.75, 3.05) is 13.7 Å². The highest BCUT2D eigenvalue weighted by Gasteiger charge is 2.38. The van der Waals surface area contributed by atoms with Crippen molar-refractivity contribution < 1.29 is 28.7 Å². The number of amides is 1. The normalized spacial score (nSPS) is 16.0. The summed E-state index contributed by atoms with van der Waals surface area (Å²) in [6, 6.07) is 3.40. The number of esters is 1. The number of ether oxygens (including phenoxy) is 2. The smallest absolute Gasteiger partial charge is 0.534 e. The summed E-state index contributed by atoms with van der Waals surface area (Å²) in [7, 11) is 0.191. The van der Waals surface area contributed by atoms with Crippen LogP contribution in [0.15, 0.2) is 12.1 Å². The van der Waals surface area contributed by atoms with Gasteiger partial charge in [0.2, 0.25) is 5.91 Å². The first-order valence-electron chi connectivity index (χ1n) is 8.02. The fraction of sp³-hybridized carbons (Fsp3) is 0.500. The van der Waals surface area contributed by atoms with Gasteiger partial charge in [-0.3, -0.25) is 4.79 Å². The largest absolute Gasteiger partial charge is 0.547 e. The molecule has 1 heterocycles. The molecule has 1 aromatic carbocycles. The van der Waals surface area contributed by atoms with Crippen molar-refractivity contribution in [1.82, 2.24) is 5.32 Å². The maximum absolute atomic E-state index is 12.2. The molecule has 0 fully saturated rings. The van der Waals surface area contributed by atoms with Gasteiger partial charge in [-0.1, -0.05) is 13.0 Å². The number of hydrogen-bond acceptors (Lipinski definition) is 6. The Bertz CT molecular complexity index is 621. The Morgan fingerprint density at radius 1 is 1.42 bits per heavy atom. The molecule has 0 bridgehead atoms. The van der Waals surface area contributed by atoms with E-state index in [2.05, 4.69) is 5.32 Å². The van der Waals surface area contributed by atoms with E-state index >= 15 is 0 Å². The molecule has 1 aromatic rings. The zero-order valence-electron chi connectivity index (χ0n) is 14.1. The lowest BCUT2D eigenvalue weighted by atomic mass is 9.72. The zero-order valence-corrected chi connectivity index (χ0v) is 14.1. The van der Waals surface area contributed by atoms with E-state index in [1.807, 2.05) is 6.92 Å². The van der Waals surface area contributed by atoms with Crippen LogP contribution in [0.4, 0.5) is 0 Å². The topological polar surface area (TPSA) is 94.1 Å². The van der Waals surface area contributed by atoms with E-state index in [0.29, 0.717) is 24.2 Å². The average molecular weight is 335 g/mol. The van der Waals surface area contributed by atoms with Gasteiger partial charge in [-0.15, -0.1) is 0 Å². The highest BCUT2D eigenvalue weighted by molar-refractivity contribution is 6.47. The number of carbonyl (C=O) groups is 2. The Labute approximate surface area is 141 Å². The quantitative estimate of drug-likeness (QED) is 0.597. The van der Waals surface area contributed by atoms with Gasteiger partial charge in [-0.05, 0) is 31.4 Å². The van der Waals surface area contributed by atoms with Crippen molar-refractivity contribution >= 4 is 19.0 Å². The van der Waals surface area contributed by atoms with Crippen LogP contribution in [0.2, 0.25) is 0 Å². The first kappa shape index (κ1) is 18.1. The minimum absolute atomic E-state index is 0.146. The number of hydrogen-bond donors (Lipinski definition) is 2. The molecule has 0 radical (unpaired) electrons. The molecule has 0 saturated carbocycles. The summed E-state index contributed by atoms with van der Waals surface area (Å²) >= 11 is 0. The fourth-order valence-corrected chi connectivity index (χ4v) is 2.64. The third-order valence-electron chi connectivity index (χ3n) is 3.75. The molecule has 0 aliphatic carbocycles. The van der Waals surface area contributed by atoms with Gasteiger partial charge >= 0.3 is 13.1 Å². The molecule has 1 aliphatic rings. The van der Waals surface area contributed by atoms with E-state index in [9.17, 15) is 14.6 Å². The molecule has 0 saturated heterocycles. The maximum atomic E-state index is 12.2. The molecule has 1 atom stereocenters. The molecule has 130 valence electrons. The van der Waals surface area contributed by atoms with Gasteiger partial charge in [-0.25, -0.2) is 4.79 Å². The molecule has 1 aliphatic heterocycles. The van der Waals surface area contributed by atoms with E-state index < -0.39 is 19.0 Å². The lowest BCUT2D eigenvalue weighted by Gasteiger charge is -2.29. The van der Waals surface area contributed by atoms with Gasteiger partial charge in [-0.2, -0.15) is 0 Å². The highest BCUT2D eigenvalue weighted by atomic mass is 16.5. The van der Waals surface area contributed by atoms with Crippen LogP contribution in [-0.2, 0) is 16.0 Å². The molecular weight excluding hydrogens is 313 g/mol. The molecule has 2 rings (SSSR count). The van der Waals surface area contributed by atoms with Crippen molar-refractivity contribution in [2.45, 2.75) is 39.1 Å². The number of benzene rings is 1. The number of methoxy groups -OCH3 is 1. The average Bonchev–Trinajstić information content (AvgIpc) is 2.55. The van der Waals surface area contributed by atoms with Crippen LogP contribution < -0.4 is 14.7 Å². The van der Waals surface area contributed by atoms with Crippen LogP contribution in [0.25, 0.3) is 0 Å². The van der Waals surface area contributed by atoms with Gasteiger partial charge in [0.15, 0.2) is 0 Å². The minimum atomic E-state index is -1.25. The second-order valence-electron chi connectivity index (χ2n) is 5.49. The van der Waals surface area contributed by atoms with Crippen LogP contribution in [0.3, 0.4) is 0 Å². The summed E-state index contributed by atoms with van der Waals surface area (Å²) < 4.78 is 15.8. The monoisotopic (exact) mass is 335 g/mol. The predicted octanol–water partition coefficient (Wildman–Crippen LogP) is 1.11. The van der Waals surface area contributed by atoms with Crippen molar-refractivity contribution in [3.8, 4) is 11.5 Å². The summed E-state index contributed by atoms with van der Waals surface area (Å²) in [5, 5.41) is 13.0. The van der Waals surface area contributed by atoms with E-state index in [1.165, 1.54) is 7.11 Å². The zero-order chi connectivity index (χ0) is 17.7. The summed E-state index contributed by atoms with van der Waals surface area (Å²) in [6.45, 7) is 3.82. The Morgan fingerprint density at radius 2 is 2.17 bits per heavy atom. The van der Waals surface area contributed by atoms with Crippen molar-refractivity contribution in [2.24, 2.45) is 0 Å². The molecule has 24 heavy (non-hydrogen) atoms. The second kappa shape index (κ2) is 8.05. The summed E-state index contributed by atoms with van der Waals surface area (Å²) in [5.41, 5.74) is 0.847. The van der Waals surface area contributed by atoms with Crippen LogP contribution in [0, 0.1) is 0 Å². The summed E-state index contributed by atoms with van der Waals surface area (Å²) in [4.78, 5) is 24.0. The van der Waals surface area contributed by atoms with Gasteiger partial charge in [0, 0.05) is 6.42 Å². The van der Waals surface area contributed by atoms with Gasteiger partial charge in [0.25, 0.3) is 0 Å². The number of nitrogens with one attached hydrogen (secondary N) is 1. The molecule has 0 aromatic heterocycles. The summed E-state index contributed by atoms with van der Waals surface area (Å²) in [6.07, 6.45) is 1.45. The molecule has 1 amide bonds. The first-order chi connectivity index (χ1) is 11.5. The first-order valence-corrected chi connectivity index (χ1v) is 8.02. The van der Waals surface area contributed by atoms with E-state index in [0.717, 1.165) is 6.42 Å². The summed E-state index contributed by atoms with van der Waals surface area (Å²) in [5.74, 6) is -0.742. The minimum Gasteiger partial charge on any atom is -0.534 e. The molecule has 0 spiro atoms. The number of carbonyl (C=O) groups excluding carboxylic acids is 2. The molecule has 1 unspecified atom stereocenters. The van der Waals surface area contributed by atoms with Gasteiger partial charge < -0.3 is 24.5 Å². The lowest BCUT2D eigenvalue weighted by molar-refractivity contribution is -0.121. The maximum Gasteiger partial charge on any atom is 0.547 e. The predicted molar refractivity (Wildman–Crippen MR) is 88.1 cm³/mol. The van der Waals surface area contributed by atoms with E-state index in [-0.39, 0.29) is 23.8 Å². The highest BCUT2D eigenvalue weighted by Crippen LogP contribution is 2.36. The second-order valence-corrected chi connectivity index (χ2v) is 5.49. The Balaban J connectivity index is 2.31.